The molecule has 0 fully saturated rings. The number of aliphatic hydroxyl groups is 1. The number of halogens is 1. The Morgan fingerprint density at radius 2 is 2.06 bits per heavy atom. The van der Waals surface area contributed by atoms with E-state index in [2.05, 4.69) is 9.97 Å². The first-order chi connectivity index (χ1) is 8.76. The smallest absolute Gasteiger partial charge is 0.146 e. The molecule has 0 spiro atoms. The summed E-state index contributed by atoms with van der Waals surface area (Å²) < 4.78 is 0. The van der Waals surface area contributed by atoms with Crippen molar-refractivity contribution in [2.45, 2.75) is 12.3 Å². The Kier molecular flexibility index (Phi) is 4.33. The monoisotopic (exact) mass is 265 g/mol. The summed E-state index contributed by atoms with van der Waals surface area (Å²) in [5.41, 5.74) is 0.897. The van der Waals surface area contributed by atoms with Gasteiger partial charge in [0.1, 0.15) is 11.6 Å². The van der Waals surface area contributed by atoms with Crippen molar-refractivity contribution in [2.75, 3.05) is 25.1 Å². The van der Waals surface area contributed by atoms with E-state index in [-0.39, 0.29) is 6.61 Å². The largest absolute Gasteiger partial charge is 0.396 e. The van der Waals surface area contributed by atoms with Gasteiger partial charge in [0.25, 0.3) is 0 Å². The molecule has 0 aliphatic rings. The molecule has 0 amide bonds. The van der Waals surface area contributed by atoms with Gasteiger partial charge in [-0.3, -0.25) is 0 Å². The number of nitrogens with zero attached hydrogens (tertiary/aromatic N) is 3. The molecule has 1 aromatic carbocycles. The van der Waals surface area contributed by atoms with Crippen molar-refractivity contribution in [3.05, 3.63) is 30.1 Å². The van der Waals surface area contributed by atoms with E-state index in [0.717, 1.165) is 23.3 Å². The van der Waals surface area contributed by atoms with Crippen molar-refractivity contribution >= 4 is 28.3 Å². The van der Waals surface area contributed by atoms with E-state index in [1.807, 2.05) is 36.2 Å². The summed E-state index contributed by atoms with van der Waals surface area (Å²) in [6, 6.07) is 7.87. The number of rotatable bonds is 5. The first kappa shape index (κ1) is 13.1. The van der Waals surface area contributed by atoms with Gasteiger partial charge in [-0.05, 0) is 18.6 Å². The van der Waals surface area contributed by atoms with Crippen LogP contribution in [-0.4, -0.2) is 35.3 Å². The second-order valence-corrected chi connectivity index (χ2v) is 4.38. The SMILES string of the molecule is CN(CCCO)c1nc(CCl)nc2ccccc12. The number of benzene rings is 1. The van der Waals surface area contributed by atoms with Crippen LogP contribution in [0.25, 0.3) is 10.9 Å². The maximum atomic E-state index is 8.90. The molecule has 1 N–H and O–H groups in total. The number of fused-ring (bicyclic) bond motifs is 1. The van der Waals surface area contributed by atoms with E-state index >= 15 is 0 Å². The molecule has 0 atom stereocenters. The number of hydrogen-bond donors (Lipinski definition) is 1. The zero-order valence-corrected chi connectivity index (χ0v) is 11.1. The van der Waals surface area contributed by atoms with Crippen molar-refractivity contribution < 1.29 is 5.11 Å². The maximum absolute atomic E-state index is 8.90. The molecule has 2 rings (SSSR count). The number of para-hydroxylation sites is 1. The molecule has 5 heteroatoms. The topological polar surface area (TPSA) is 49.2 Å². The fraction of sp³-hybridized carbons (Fsp3) is 0.385. The first-order valence-corrected chi connectivity index (χ1v) is 6.43. The Morgan fingerprint density at radius 3 is 2.78 bits per heavy atom. The third-order valence-electron chi connectivity index (χ3n) is 2.76. The Labute approximate surface area is 111 Å². The van der Waals surface area contributed by atoms with Crippen LogP contribution in [0, 0.1) is 0 Å². The molecule has 0 radical (unpaired) electrons. The van der Waals surface area contributed by atoms with Crippen LogP contribution in [0.1, 0.15) is 12.2 Å². The lowest BCUT2D eigenvalue weighted by atomic mass is 10.2. The van der Waals surface area contributed by atoms with Crippen LogP contribution >= 0.6 is 11.6 Å². The Balaban J connectivity index is 2.46. The molecule has 0 aliphatic carbocycles. The molecule has 0 saturated heterocycles. The molecule has 96 valence electrons. The van der Waals surface area contributed by atoms with Crippen molar-refractivity contribution in [1.29, 1.82) is 0 Å². The number of alkyl halides is 1. The molecular formula is C13H16ClN3O. The second kappa shape index (κ2) is 5.98. The van der Waals surface area contributed by atoms with Crippen LogP contribution < -0.4 is 4.90 Å². The number of aliphatic hydroxyl groups excluding tert-OH is 1. The van der Waals surface area contributed by atoms with E-state index in [4.69, 9.17) is 16.7 Å². The van der Waals surface area contributed by atoms with Crippen LogP contribution in [0.5, 0.6) is 0 Å². The maximum Gasteiger partial charge on any atom is 0.146 e. The summed E-state index contributed by atoms with van der Waals surface area (Å²) in [5, 5.41) is 9.90. The van der Waals surface area contributed by atoms with Gasteiger partial charge in [-0.2, -0.15) is 0 Å². The lowest BCUT2D eigenvalue weighted by Crippen LogP contribution is -2.21. The van der Waals surface area contributed by atoms with Crippen molar-refractivity contribution in [3.63, 3.8) is 0 Å². The third kappa shape index (κ3) is 2.71. The summed E-state index contributed by atoms with van der Waals surface area (Å²) in [6.45, 7) is 0.926. The quantitative estimate of drug-likeness (QED) is 0.842. The summed E-state index contributed by atoms with van der Waals surface area (Å²) in [5.74, 6) is 1.79. The highest BCUT2D eigenvalue weighted by atomic mass is 35.5. The molecule has 0 saturated carbocycles. The van der Waals surface area contributed by atoms with E-state index in [1.54, 1.807) is 0 Å². The van der Waals surface area contributed by atoms with Gasteiger partial charge in [0, 0.05) is 25.6 Å². The second-order valence-electron chi connectivity index (χ2n) is 4.11. The standard InChI is InChI=1S/C13H16ClN3O/c1-17(7-4-8-18)13-10-5-2-3-6-11(10)15-12(9-14)16-13/h2-3,5-6,18H,4,7-9H2,1H3. The van der Waals surface area contributed by atoms with Gasteiger partial charge in [-0.15, -0.1) is 11.6 Å². The minimum absolute atomic E-state index is 0.176. The van der Waals surface area contributed by atoms with E-state index in [0.29, 0.717) is 18.1 Å². The molecule has 2 aromatic rings. The van der Waals surface area contributed by atoms with Gasteiger partial charge in [0.2, 0.25) is 0 Å². The van der Waals surface area contributed by atoms with Crippen LogP contribution in [-0.2, 0) is 5.88 Å². The summed E-state index contributed by atoms with van der Waals surface area (Å²) in [6.07, 6.45) is 0.713. The number of anilines is 1. The van der Waals surface area contributed by atoms with Gasteiger partial charge in [0.05, 0.1) is 11.4 Å². The normalized spacial score (nSPS) is 10.8. The van der Waals surface area contributed by atoms with Gasteiger partial charge >= 0.3 is 0 Å². The highest BCUT2D eigenvalue weighted by molar-refractivity contribution is 6.16. The van der Waals surface area contributed by atoms with Crippen LogP contribution in [0.4, 0.5) is 5.82 Å². The molecular weight excluding hydrogens is 250 g/mol. The highest BCUT2D eigenvalue weighted by Gasteiger charge is 2.10. The van der Waals surface area contributed by atoms with Gasteiger partial charge < -0.3 is 10.0 Å². The Bertz CT molecular complexity index is 533. The average molecular weight is 266 g/mol. The van der Waals surface area contributed by atoms with E-state index in [9.17, 15) is 0 Å². The van der Waals surface area contributed by atoms with Gasteiger partial charge in [-0.1, -0.05) is 12.1 Å². The lowest BCUT2D eigenvalue weighted by Gasteiger charge is -2.19. The van der Waals surface area contributed by atoms with Gasteiger partial charge in [0.15, 0.2) is 0 Å². The van der Waals surface area contributed by atoms with Crippen LogP contribution in [0.15, 0.2) is 24.3 Å². The summed E-state index contributed by atoms with van der Waals surface area (Å²) >= 11 is 5.82. The molecule has 0 aliphatic heterocycles. The van der Waals surface area contributed by atoms with Crippen LogP contribution in [0.3, 0.4) is 0 Å². The summed E-state index contributed by atoms with van der Waals surface area (Å²) in [7, 11) is 1.96. The zero-order valence-electron chi connectivity index (χ0n) is 10.3. The molecule has 18 heavy (non-hydrogen) atoms. The predicted octanol–water partition coefficient (Wildman–Crippen LogP) is 2.19. The molecule has 1 heterocycles. The predicted molar refractivity (Wildman–Crippen MR) is 74.1 cm³/mol. The highest BCUT2D eigenvalue weighted by Crippen LogP contribution is 2.23. The first-order valence-electron chi connectivity index (χ1n) is 5.90. The molecule has 0 unspecified atom stereocenters. The number of aromatic nitrogens is 2. The molecule has 4 nitrogen and oxygen atoms in total. The Hall–Kier alpha value is -1.39. The van der Waals surface area contributed by atoms with Crippen molar-refractivity contribution in [1.82, 2.24) is 9.97 Å². The average Bonchev–Trinajstić information content (AvgIpc) is 2.43. The van der Waals surface area contributed by atoms with E-state index in [1.165, 1.54) is 0 Å². The fourth-order valence-corrected chi connectivity index (χ4v) is 1.99. The fourth-order valence-electron chi connectivity index (χ4n) is 1.87. The minimum atomic E-state index is 0.176. The minimum Gasteiger partial charge on any atom is -0.396 e. The van der Waals surface area contributed by atoms with Crippen molar-refractivity contribution in [2.24, 2.45) is 0 Å². The third-order valence-corrected chi connectivity index (χ3v) is 3.00. The molecule has 0 bridgehead atoms. The zero-order chi connectivity index (χ0) is 13.0. The van der Waals surface area contributed by atoms with Crippen molar-refractivity contribution in [3.8, 4) is 0 Å². The van der Waals surface area contributed by atoms with E-state index < -0.39 is 0 Å². The Morgan fingerprint density at radius 1 is 1.28 bits per heavy atom. The van der Waals surface area contributed by atoms with Crippen LogP contribution in [0.2, 0.25) is 0 Å². The molecule has 1 aromatic heterocycles. The number of hydrogen-bond acceptors (Lipinski definition) is 4. The van der Waals surface area contributed by atoms with Gasteiger partial charge in [-0.25, -0.2) is 9.97 Å². The lowest BCUT2D eigenvalue weighted by molar-refractivity contribution is 0.290. The summed E-state index contributed by atoms with van der Waals surface area (Å²) in [4.78, 5) is 10.9.